The maximum atomic E-state index is 12.0. The van der Waals surface area contributed by atoms with Crippen LogP contribution in [0.15, 0.2) is 6.20 Å². The number of thiazole rings is 1. The van der Waals surface area contributed by atoms with Gasteiger partial charge in [-0.25, -0.2) is 18.1 Å². The average molecular weight is 329 g/mol. The maximum Gasteiger partial charge on any atom is 0.215 e. The smallest absolute Gasteiger partial charge is 0.215 e. The van der Waals surface area contributed by atoms with Gasteiger partial charge < -0.3 is 0 Å². The van der Waals surface area contributed by atoms with Gasteiger partial charge in [0.1, 0.15) is 0 Å². The first-order valence-corrected chi connectivity index (χ1v) is 10.1. The van der Waals surface area contributed by atoms with Gasteiger partial charge >= 0.3 is 0 Å². The molecular weight excluding hydrogens is 306 g/mol. The zero-order chi connectivity index (χ0) is 14.9. The Bertz CT molecular complexity index is 581. The van der Waals surface area contributed by atoms with Crippen LogP contribution in [0.4, 0.5) is 0 Å². The molecule has 2 heterocycles. The minimum Gasteiger partial charge on any atom is -0.297 e. The molecule has 1 aromatic rings. The van der Waals surface area contributed by atoms with Gasteiger partial charge in [-0.2, -0.15) is 0 Å². The first-order valence-electron chi connectivity index (χ1n) is 7.74. The summed E-state index contributed by atoms with van der Waals surface area (Å²) >= 11 is 1.80. The van der Waals surface area contributed by atoms with Crippen molar-refractivity contribution in [3.05, 3.63) is 16.1 Å². The summed E-state index contributed by atoms with van der Waals surface area (Å²) in [6.07, 6.45) is 6.59. The molecule has 2 aliphatic rings. The number of hydrogen-bond acceptors (Lipinski definition) is 5. The number of rotatable bonds is 6. The van der Waals surface area contributed by atoms with Crippen LogP contribution >= 0.6 is 11.3 Å². The van der Waals surface area contributed by atoms with Crippen molar-refractivity contribution in [1.82, 2.24) is 14.6 Å². The molecule has 1 aromatic heterocycles. The highest BCUT2D eigenvalue weighted by Crippen LogP contribution is 2.38. The van der Waals surface area contributed by atoms with E-state index in [9.17, 15) is 8.42 Å². The predicted molar refractivity (Wildman–Crippen MR) is 85.0 cm³/mol. The summed E-state index contributed by atoms with van der Waals surface area (Å²) in [5.41, 5.74) is 0. The third-order valence-electron chi connectivity index (χ3n) is 4.42. The number of aromatic nitrogens is 1. The molecule has 118 valence electrons. The molecule has 5 nitrogen and oxygen atoms in total. The molecule has 0 spiro atoms. The fourth-order valence-electron chi connectivity index (χ4n) is 2.97. The van der Waals surface area contributed by atoms with Gasteiger partial charge in [0, 0.05) is 36.6 Å². The second kappa shape index (κ2) is 6.32. The minimum absolute atomic E-state index is 0.267. The van der Waals surface area contributed by atoms with E-state index in [0.717, 1.165) is 19.5 Å². The van der Waals surface area contributed by atoms with Crippen LogP contribution in [0.2, 0.25) is 0 Å². The van der Waals surface area contributed by atoms with Crippen LogP contribution in [0.5, 0.6) is 0 Å². The van der Waals surface area contributed by atoms with Crippen molar-refractivity contribution >= 4 is 21.4 Å². The summed E-state index contributed by atoms with van der Waals surface area (Å²) in [5.74, 6) is 0.684. The van der Waals surface area contributed by atoms with Gasteiger partial charge in [0.15, 0.2) is 0 Å². The van der Waals surface area contributed by atoms with Crippen LogP contribution in [-0.4, -0.2) is 43.2 Å². The third-order valence-corrected chi connectivity index (χ3v) is 7.52. The lowest BCUT2D eigenvalue weighted by atomic mass is 9.86. The van der Waals surface area contributed by atoms with Gasteiger partial charge in [-0.1, -0.05) is 13.3 Å². The van der Waals surface area contributed by atoms with E-state index in [1.54, 1.807) is 11.3 Å². The molecule has 1 atom stereocenters. The molecule has 2 fully saturated rings. The quantitative estimate of drug-likeness (QED) is 0.866. The largest absolute Gasteiger partial charge is 0.297 e. The van der Waals surface area contributed by atoms with Crippen LogP contribution in [0, 0.1) is 0 Å². The molecule has 0 bridgehead atoms. The summed E-state index contributed by atoms with van der Waals surface area (Å²) in [4.78, 5) is 8.03. The Hall–Kier alpha value is -0.500. The molecule has 1 N–H and O–H groups in total. The second-order valence-electron chi connectivity index (χ2n) is 5.98. The topological polar surface area (TPSA) is 62.3 Å². The van der Waals surface area contributed by atoms with E-state index in [0.29, 0.717) is 19.0 Å². The SMILES string of the molecule is CCNS(=O)(=O)[C@@H]1CCN(Cc2cnc(C3CCC3)s2)C1. The Morgan fingerprint density at radius 2 is 2.24 bits per heavy atom. The molecule has 1 saturated carbocycles. The fourth-order valence-corrected chi connectivity index (χ4v) is 5.56. The Balaban J connectivity index is 1.56. The van der Waals surface area contributed by atoms with Crippen LogP contribution in [0.3, 0.4) is 0 Å². The van der Waals surface area contributed by atoms with Crippen molar-refractivity contribution in [2.45, 2.75) is 50.3 Å². The molecular formula is C14H23N3O2S2. The highest BCUT2D eigenvalue weighted by molar-refractivity contribution is 7.90. The lowest BCUT2D eigenvalue weighted by Crippen LogP contribution is -2.36. The summed E-state index contributed by atoms with van der Waals surface area (Å²) in [6, 6.07) is 0. The molecule has 0 unspecified atom stereocenters. The zero-order valence-corrected chi connectivity index (χ0v) is 14.0. The standard InChI is InChI=1S/C14H23N3O2S2/c1-2-16-21(18,19)13-6-7-17(10-13)9-12-8-15-14(20-12)11-4-3-5-11/h8,11,13,16H,2-7,9-10H2,1H3/t13-/m1/s1. The van der Waals surface area contributed by atoms with Gasteiger partial charge in [0.25, 0.3) is 0 Å². The van der Waals surface area contributed by atoms with Crippen molar-refractivity contribution in [3.63, 3.8) is 0 Å². The minimum atomic E-state index is -3.14. The number of sulfonamides is 1. The summed E-state index contributed by atoms with van der Waals surface area (Å²) in [7, 11) is -3.14. The molecule has 1 saturated heterocycles. The van der Waals surface area contributed by atoms with Crippen molar-refractivity contribution in [1.29, 1.82) is 0 Å². The highest BCUT2D eigenvalue weighted by Gasteiger charge is 2.32. The number of hydrogen-bond donors (Lipinski definition) is 1. The Morgan fingerprint density at radius 3 is 2.90 bits per heavy atom. The van der Waals surface area contributed by atoms with Crippen LogP contribution < -0.4 is 4.72 Å². The molecule has 0 aromatic carbocycles. The van der Waals surface area contributed by atoms with Crippen molar-refractivity contribution in [2.75, 3.05) is 19.6 Å². The van der Waals surface area contributed by atoms with Gasteiger partial charge in [0.2, 0.25) is 10.0 Å². The molecule has 7 heteroatoms. The number of nitrogens with zero attached hydrogens (tertiary/aromatic N) is 2. The second-order valence-corrected chi connectivity index (χ2v) is 9.17. The maximum absolute atomic E-state index is 12.0. The van der Waals surface area contributed by atoms with Crippen LogP contribution in [0.25, 0.3) is 0 Å². The summed E-state index contributed by atoms with van der Waals surface area (Å²) in [6.45, 7) is 4.61. The van der Waals surface area contributed by atoms with E-state index in [1.807, 2.05) is 13.1 Å². The van der Waals surface area contributed by atoms with Gasteiger partial charge in [-0.15, -0.1) is 11.3 Å². The van der Waals surface area contributed by atoms with Gasteiger partial charge in [-0.3, -0.25) is 4.90 Å². The summed E-state index contributed by atoms with van der Waals surface area (Å²) < 4.78 is 26.7. The third kappa shape index (κ3) is 3.47. The Morgan fingerprint density at radius 1 is 1.43 bits per heavy atom. The van der Waals surface area contributed by atoms with E-state index in [-0.39, 0.29) is 5.25 Å². The number of nitrogens with one attached hydrogen (secondary N) is 1. The van der Waals surface area contributed by atoms with Crippen molar-refractivity contribution in [3.8, 4) is 0 Å². The average Bonchev–Trinajstić information content (AvgIpc) is 2.98. The van der Waals surface area contributed by atoms with Crippen molar-refractivity contribution < 1.29 is 8.42 Å². The Labute approximate surface area is 130 Å². The van der Waals surface area contributed by atoms with E-state index < -0.39 is 10.0 Å². The summed E-state index contributed by atoms with van der Waals surface area (Å²) in [5, 5.41) is 1.00. The monoisotopic (exact) mass is 329 g/mol. The van der Waals surface area contributed by atoms with Crippen LogP contribution in [-0.2, 0) is 16.6 Å². The first-order chi connectivity index (χ1) is 10.1. The van der Waals surface area contributed by atoms with E-state index >= 15 is 0 Å². The number of likely N-dealkylation sites (tertiary alicyclic amines) is 1. The van der Waals surface area contributed by atoms with Crippen LogP contribution in [0.1, 0.15) is 48.4 Å². The van der Waals surface area contributed by atoms with E-state index in [2.05, 4.69) is 14.6 Å². The molecule has 21 heavy (non-hydrogen) atoms. The molecule has 1 aliphatic carbocycles. The van der Waals surface area contributed by atoms with Crippen molar-refractivity contribution in [2.24, 2.45) is 0 Å². The predicted octanol–water partition coefficient (Wildman–Crippen LogP) is 1.92. The fraction of sp³-hybridized carbons (Fsp3) is 0.786. The lowest BCUT2D eigenvalue weighted by molar-refractivity contribution is 0.334. The normalized spacial score (nSPS) is 24.3. The van der Waals surface area contributed by atoms with Gasteiger partial charge in [0.05, 0.1) is 10.3 Å². The lowest BCUT2D eigenvalue weighted by Gasteiger charge is -2.22. The van der Waals surface area contributed by atoms with E-state index in [1.165, 1.54) is 29.1 Å². The van der Waals surface area contributed by atoms with E-state index in [4.69, 9.17) is 0 Å². The molecule has 3 rings (SSSR count). The zero-order valence-electron chi connectivity index (χ0n) is 12.4. The molecule has 0 amide bonds. The molecule has 1 aliphatic heterocycles. The Kier molecular flexibility index (Phi) is 4.63. The molecule has 0 radical (unpaired) electrons. The highest BCUT2D eigenvalue weighted by atomic mass is 32.2. The van der Waals surface area contributed by atoms with Gasteiger partial charge in [-0.05, 0) is 25.8 Å². The first kappa shape index (κ1) is 15.4.